The summed E-state index contributed by atoms with van der Waals surface area (Å²) in [5.74, 6) is -0.363. The van der Waals surface area contributed by atoms with Gasteiger partial charge in [0.1, 0.15) is 5.75 Å². The highest BCUT2D eigenvalue weighted by molar-refractivity contribution is 6.31. The molecule has 0 saturated carbocycles. The number of hydrogen-bond donors (Lipinski definition) is 1. The molecule has 2 aromatic carbocycles. The van der Waals surface area contributed by atoms with Crippen LogP contribution in [0.4, 0.5) is 0 Å². The van der Waals surface area contributed by atoms with E-state index in [0.717, 1.165) is 27.8 Å². The van der Waals surface area contributed by atoms with Crippen LogP contribution in [0.15, 0.2) is 30.3 Å². The molecule has 23 heavy (non-hydrogen) atoms. The average Bonchev–Trinajstić information content (AvgIpc) is 2.47. The minimum absolute atomic E-state index is 0.272. The van der Waals surface area contributed by atoms with Crippen molar-refractivity contribution in [2.24, 2.45) is 0 Å². The van der Waals surface area contributed by atoms with Gasteiger partial charge in [-0.1, -0.05) is 29.8 Å². The maximum absolute atomic E-state index is 11.6. The van der Waals surface area contributed by atoms with Gasteiger partial charge in [0, 0.05) is 11.4 Å². The minimum Gasteiger partial charge on any atom is -0.478 e. The molecular weight excluding hydrogens is 312 g/mol. The van der Waals surface area contributed by atoms with Gasteiger partial charge in [-0.05, 0) is 67.6 Å². The van der Waals surface area contributed by atoms with Gasteiger partial charge in [-0.25, -0.2) is 4.79 Å². The SMILES string of the molecule is Cc1cc(C)c(C)c(OC(Cc2cccc(Cl)c2C)C(=O)O)c1. The van der Waals surface area contributed by atoms with Crippen LogP contribution in [0.1, 0.15) is 27.8 Å². The first-order chi connectivity index (χ1) is 10.8. The highest BCUT2D eigenvalue weighted by Gasteiger charge is 2.22. The summed E-state index contributed by atoms with van der Waals surface area (Å²) < 4.78 is 5.82. The Morgan fingerprint density at radius 1 is 1.17 bits per heavy atom. The second kappa shape index (κ2) is 7.05. The number of aliphatic carboxylic acids is 1. The third-order valence-electron chi connectivity index (χ3n) is 4.09. The van der Waals surface area contributed by atoms with Gasteiger partial charge in [-0.3, -0.25) is 0 Å². The fourth-order valence-electron chi connectivity index (χ4n) is 2.53. The van der Waals surface area contributed by atoms with Gasteiger partial charge in [0.05, 0.1) is 0 Å². The zero-order valence-electron chi connectivity index (χ0n) is 13.8. The lowest BCUT2D eigenvalue weighted by Gasteiger charge is -2.19. The Morgan fingerprint density at radius 3 is 2.52 bits per heavy atom. The Labute approximate surface area is 141 Å². The van der Waals surface area contributed by atoms with E-state index in [-0.39, 0.29) is 6.42 Å². The Hall–Kier alpha value is -2.00. The molecule has 0 bridgehead atoms. The van der Waals surface area contributed by atoms with Crippen LogP contribution < -0.4 is 4.74 Å². The zero-order chi connectivity index (χ0) is 17.1. The number of rotatable bonds is 5. The molecule has 0 spiro atoms. The van der Waals surface area contributed by atoms with Gasteiger partial charge >= 0.3 is 5.97 Å². The summed E-state index contributed by atoms with van der Waals surface area (Å²) >= 11 is 6.12. The Kier molecular flexibility index (Phi) is 5.32. The summed E-state index contributed by atoms with van der Waals surface area (Å²) in [6.45, 7) is 7.79. The third-order valence-corrected chi connectivity index (χ3v) is 4.50. The van der Waals surface area contributed by atoms with Gasteiger partial charge in [0.25, 0.3) is 0 Å². The van der Waals surface area contributed by atoms with E-state index in [1.807, 2.05) is 45.9 Å². The summed E-state index contributed by atoms with van der Waals surface area (Å²) in [5, 5.41) is 10.2. The van der Waals surface area contributed by atoms with Crippen LogP contribution in [0.5, 0.6) is 5.75 Å². The first-order valence-corrected chi connectivity index (χ1v) is 7.88. The van der Waals surface area contributed by atoms with Gasteiger partial charge in [0.15, 0.2) is 6.10 Å². The number of carboxylic acid groups (broad SMARTS) is 1. The molecule has 0 aliphatic carbocycles. The van der Waals surface area contributed by atoms with Crippen molar-refractivity contribution in [3.8, 4) is 5.75 Å². The maximum atomic E-state index is 11.6. The van der Waals surface area contributed by atoms with Crippen LogP contribution in [0, 0.1) is 27.7 Å². The highest BCUT2D eigenvalue weighted by Crippen LogP contribution is 2.26. The van der Waals surface area contributed by atoms with Crippen molar-refractivity contribution >= 4 is 17.6 Å². The number of carbonyl (C=O) groups is 1. The molecule has 1 atom stereocenters. The Morgan fingerprint density at radius 2 is 1.87 bits per heavy atom. The number of aryl methyl sites for hydroxylation is 2. The molecule has 0 saturated heterocycles. The molecule has 4 heteroatoms. The van der Waals surface area contributed by atoms with Gasteiger partial charge in [-0.2, -0.15) is 0 Å². The molecule has 0 aliphatic rings. The number of ether oxygens (including phenoxy) is 1. The molecule has 0 amide bonds. The minimum atomic E-state index is -0.983. The molecule has 0 heterocycles. The maximum Gasteiger partial charge on any atom is 0.345 e. The lowest BCUT2D eigenvalue weighted by molar-refractivity contribution is -0.145. The van der Waals surface area contributed by atoms with Crippen molar-refractivity contribution in [3.63, 3.8) is 0 Å². The second-order valence-electron chi connectivity index (χ2n) is 5.88. The van der Waals surface area contributed by atoms with E-state index >= 15 is 0 Å². The predicted octanol–water partition coefficient (Wildman–Crippen LogP) is 4.65. The van der Waals surface area contributed by atoms with Crippen molar-refractivity contribution in [2.75, 3.05) is 0 Å². The fraction of sp³-hybridized carbons (Fsp3) is 0.316. The van der Waals surface area contributed by atoms with Crippen molar-refractivity contribution in [1.29, 1.82) is 0 Å². The summed E-state index contributed by atoms with van der Waals surface area (Å²) in [6, 6.07) is 9.44. The molecule has 0 radical (unpaired) electrons. The molecule has 0 aliphatic heterocycles. The first kappa shape index (κ1) is 17.4. The zero-order valence-corrected chi connectivity index (χ0v) is 14.6. The molecule has 122 valence electrons. The van der Waals surface area contributed by atoms with Gasteiger partial charge in [0.2, 0.25) is 0 Å². The quantitative estimate of drug-likeness (QED) is 0.867. The molecule has 2 aromatic rings. The normalized spacial score (nSPS) is 12.0. The Balaban J connectivity index is 2.30. The molecule has 1 N–H and O–H groups in total. The van der Waals surface area contributed by atoms with Gasteiger partial charge < -0.3 is 9.84 Å². The fourth-order valence-corrected chi connectivity index (χ4v) is 2.72. The highest BCUT2D eigenvalue weighted by atomic mass is 35.5. The first-order valence-electron chi connectivity index (χ1n) is 7.51. The summed E-state index contributed by atoms with van der Waals surface area (Å²) in [7, 11) is 0. The lowest BCUT2D eigenvalue weighted by Crippen LogP contribution is -2.30. The van der Waals surface area contributed by atoms with E-state index < -0.39 is 12.1 Å². The molecule has 1 unspecified atom stereocenters. The van der Waals surface area contributed by atoms with E-state index in [9.17, 15) is 9.90 Å². The third kappa shape index (κ3) is 4.05. The average molecular weight is 333 g/mol. The van der Waals surface area contributed by atoms with Crippen LogP contribution in [-0.2, 0) is 11.2 Å². The van der Waals surface area contributed by atoms with Gasteiger partial charge in [-0.15, -0.1) is 0 Å². The number of carboxylic acids is 1. The lowest BCUT2D eigenvalue weighted by atomic mass is 10.0. The smallest absolute Gasteiger partial charge is 0.345 e. The molecular formula is C19H21ClO3. The monoisotopic (exact) mass is 332 g/mol. The van der Waals surface area contributed by atoms with Crippen LogP contribution >= 0.6 is 11.6 Å². The summed E-state index contributed by atoms with van der Waals surface area (Å²) in [4.78, 5) is 11.6. The van der Waals surface area contributed by atoms with Crippen LogP contribution in [0.3, 0.4) is 0 Å². The van der Waals surface area contributed by atoms with Crippen LogP contribution in [0.25, 0.3) is 0 Å². The number of halogens is 1. The van der Waals surface area contributed by atoms with E-state index in [4.69, 9.17) is 16.3 Å². The van der Waals surface area contributed by atoms with E-state index in [1.165, 1.54) is 0 Å². The van der Waals surface area contributed by atoms with Crippen molar-refractivity contribution in [2.45, 2.75) is 40.2 Å². The van der Waals surface area contributed by atoms with E-state index in [2.05, 4.69) is 6.07 Å². The number of hydrogen-bond acceptors (Lipinski definition) is 2. The summed E-state index contributed by atoms with van der Waals surface area (Å²) in [6.07, 6.45) is -0.680. The van der Waals surface area contributed by atoms with Crippen LogP contribution in [0.2, 0.25) is 5.02 Å². The van der Waals surface area contributed by atoms with E-state index in [0.29, 0.717) is 10.8 Å². The number of benzene rings is 2. The topological polar surface area (TPSA) is 46.5 Å². The molecule has 3 nitrogen and oxygen atoms in total. The van der Waals surface area contributed by atoms with E-state index in [1.54, 1.807) is 6.07 Å². The van der Waals surface area contributed by atoms with Crippen molar-refractivity contribution in [3.05, 3.63) is 63.2 Å². The molecule has 0 fully saturated rings. The molecule has 0 aromatic heterocycles. The Bertz CT molecular complexity index is 738. The molecule has 2 rings (SSSR count). The standard InChI is InChI=1S/C19H21ClO3/c1-11-8-12(2)13(3)17(9-11)23-18(19(21)22)10-15-6-5-7-16(20)14(15)4/h5-9,18H,10H2,1-4H3,(H,21,22). The van der Waals surface area contributed by atoms with Crippen molar-refractivity contribution < 1.29 is 14.6 Å². The van der Waals surface area contributed by atoms with Crippen LogP contribution in [-0.4, -0.2) is 17.2 Å². The predicted molar refractivity (Wildman–Crippen MR) is 92.6 cm³/mol. The largest absolute Gasteiger partial charge is 0.478 e. The summed E-state index contributed by atoms with van der Waals surface area (Å²) in [5.41, 5.74) is 4.87. The van der Waals surface area contributed by atoms with Crippen molar-refractivity contribution in [1.82, 2.24) is 0 Å². The second-order valence-corrected chi connectivity index (χ2v) is 6.28.